The lowest BCUT2D eigenvalue weighted by Gasteiger charge is -2.11. The minimum atomic E-state index is -0.415. The molecule has 1 aliphatic rings. The second kappa shape index (κ2) is 9.97. The summed E-state index contributed by atoms with van der Waals surface area (Å²) >= 11 is 2.58. The van der Waals surface area contributed by atoms with Crippen LogP contribution in [0.25, 0.3) is 0 Å². The van der Waals surface area contributed by atoms with E-state index in [0.29, 0.717) is 22.2 Å². The maximum Gasteiger partial charge on any atom is 0.341 e. The molecule has 8 nitrogen and oxygen atoms in total. The predicted octanol–water partition coefficient (Wildman–Crippen LogP) is 4.11. The van der Waals surface area contributed by atoms with Crippen LogP contribution in [0, 0.1) is 0 Å². The Morgan fingerprint density at radius 2 is 2.00 bits per heavy atom. The summed E-state index contributed by atoms with van der Waals surface area (Å²) in [5, 5.41) is 11.5. The highest BCUT2D eigenvalue weighted by molar-refractivity contribution is 7.99. The molecule has 4 rings (SSSR count). The number of nitrogens with zero attached hydrogens (tertiary/aromatic N) is 2. The Morgan fingerprint density at radius 3 is 2.81 bits per heavy atom. The number of hydrogen-bond acceptors (Lipinski definition) is 9. The van der Waals surface area contributed by atoms with Crippen LogP contribution in [-0.4, -0.2) is 34.9 Å². The number of thiophene rings is 1. The largest absolute Gasteiger partial charge is 0.484 e. The number of fused-ring (bicyclic) bond motifs is 1. The van der Waals surface area contributed by atoms with Crippen LogP contribution >= 0.6 is 23.1 Å². The van der Waals surface area contributed by atoms with E-state index < -0.39 is 5.97 Å². The highest BCUT2D eigenvalue weighted by Gasteiger charge is 2.27. The fourth-order valence-corrected chi connectivity index (χ4v) is 5.15. The molecule has 0 atom stereocenters. The summed E-state index contributed by atoms with van der Waals surface area (Å²) in [5.74, 6) is 0.432. The second-order valence-corrected chi connectivity index (χ2v) is 8.84. The van der Waals surface area contributed by atoms with E-state index in [1.807, 2.05) is 30.3 Å². The summed E-state index contributed by atoms with van der Waals surface area (Å²) in [6.45, 7) is 0.146. The molecule has 0 unspecified atom stereocenters. The molecular formula is C21H21N3O5S2. The number of ether oxygens (including phenoxy) is 2. The van der Waals surface area contributed by atoms with E-state index in [0.717, 1.165) is 47.9 Å². The van der Waals surface area contributed by atoms with E-state index in [9.17, 15) is 9.59 Å². The average Bonchev–Trinajstić information content (AvgIpc) is 3.40. The number of amides is 1. The van der Waals surface area contributed by atoms with Gasteiger partial charge in [-0.25, -0.2) is 4.79 Å². The third kappa shape index (κ3) is 5.26. The highest BCUT2D eigenvalue weighted by atomic mass is 32.2. The Balaban J connectivity index is 1.33. The molecule has 2 aromatic heterocycles. The van der Waals surface area contributed by atoms with Gasteiger partial charge >= 0.3 is 5.97 Å². The Kier molecular flexibility index (Phi) is 6.88. The van der Waals surface area contributed by atoms with Crippen molar-refractivity contribution in [3.8, 4) is 5.75 Å². The number of methoxy groups -OCH3 is 1. The van der Waals surface area contributed by atoms with Gasteiger partial charge in [-0.3, -0.25) is 4.79 Å². The van der Waals surface area contributed by atoms with Crippen LogP contribution in [0.5, 0.6) is 5.75 Å². The fraction of sp³-hybridized carbons (Fsp3) is 0.333. The summed E-state index contributed by atoms with van der Waals surface area (Å²) in [6.07, 6.45) is 3.87. The lowest BCUT2D eigenvalue weighted by Crippen LogP contribution is -2.16. The van der Waals surface area contributed by atoms with Gasteiger partial charge in [0.15, 0.2) is 6.61 Å². The molecule has 0 spiro atoms. The van der Waals surface area contributed by atoms with Crippen molar-refractivity contribution in [1.82, 2.24) is 10.2 Å². The van der Waals surface area contributed by atoms with Crippen LogP contribution in [-0.2, 0) is 29.0 Å². The third-order valence-corrected chi connectivity index (χ3v) is 6.72. The van der Waals surface area contributed by atoms with Gasteiger partial charge in [0.1, 0.15) is 10.8 Å². The number of aromatic nitrogens is 2. The van der Waals surface area contributed by atoms with Crippen molar-refractivity contribution < 1.29 is 23.5 Å². The van der Waals surface area contributed by atoms with Crippen molar-refractivity contribution in [2.24, 2.45) is 0 Å². The molecule has 1 aliphatic carbocycles. The van der Waals surface area contributed by atoms with Gasteiger partial charge in [0, 0.05) is 4.88 Å². The van der Waals surface area contributed by atoms with Crippen LogP contribution in [0.3, 0.4) is 0 Å². The van der Waals surface area contributed by atoms with Crippen molar-refractivity contribution in [2.75, 3.05) is 18.2 Å². The summed E-state index contributed by atoms with van der Waals surface area (Å²) in [7, 11) is 1.35. The van der Waals surface area contributed by atoms with E-state index in [1.54, 1.807) is 0 Å². The average molecular weight is 460 g/mol. The molecule has 1 amide bonds. The van der Waals surface area contributed by atoms with Crippen LogP contribution in [0.2, 0.25) is 0 Å². The van der Waals surface area contributed by atoms with Gasteiger partial charge in [0.05, 0.1) is 18.4 Å². The smallest absolute Gasteiger partial charge is 0.341 e. The summed E-state index contributed by atoms with van der Waals surface area (Å²) in [4.78, 5) is 25.9. The third-order valence-electron chi connectivity index (χ3n) is 4.69. The van der Waals surface area contributed by atoms with Gasteiger partial charge in [-0.15, -0.1) is 21.5 Å². The second-order valence-electron chi connectivity index (χ2n) is 6.81. The van der Waals surface area contributed by atoms with E-state index in [-0.39, 0.29) is 23.5 Å². The molecule has 1 aromatic carbocycles. The quantitative estimate of drug-likeness (QED) is 0.397. The minimum absolute atomic E-state index is 0.0738. The Morgan fingerprint density at radius 1 is 1.19 bits per heavy atom. The first-order valence-electron chi connectivity index (χ1n) is 9.79. The molecule has 0 saturated carbocycles. The van der Waals surface area contributed by atoms with Crippen molar-refractivity contribution in [3.05, 3.63) is 52.2 Å². The number of nitrogens with one attached hydrogen (secondary N) is 1. The number of carbonyl (C=O) groups excluding carboxylic acids is 2. The van der Waals surface area contributed by atoms with E-state index in [2.05, 4.69) is 15.5 Å². The van der Waals surface area contributed by atoms with E-state index in [1.165, 1.54) is 18.4 Å². The first-order valence-corrected chi connectivity index (χ1v) is 11.6. The van der Waals surface area contributed by atoms with Gasteiger partial charge < -0.3 is 19.2 Å². The Labute approximate surface area is 187 Å². The Hall–Kier alpha value is -2.85. The van der Waals surface area contributed by atoms with Crippen molar-refractivity contribution in [3.63, 3.8) is 0 Å². The molecule has 2 heterocycles. The van der Waals surface area contributed by atoms with Gasteiger partial charge in [0.2, 0.25) is 5.91 Å². The monoisotopic (exact) mass is 459 g/mol. The van der Waals surface area contributed by atoms with Crippen molar-refractivity contribution in [1.29, 1.82) is 0 Å². The van der Waals surface area contributed by atoms with E-state index in [4.69, 9.17) is 13.9 Å². The number of anilines is 1. The van der Waals surface area contributed by atoms with Crippen molar-refractivity contribution >= 4 is 40.0 Å². The fourth-order valence-electron chi connectivity index (χ4n) is 3.28. The molecular weight excluding hydrogens is 438 g/mol. The first kappa shape index (κ1) is 21.4. The molecule has 0 aliphatic heterocycles. The number of rotatable bonds is 8. The SMILES string of the molecule is COC(=O)c1c(NC(=O)CSc2nnc(COc3ccccc3)o2)sc2c1CCCC2. The van der Waals surface area contributed by atoms with Crippen molar-refractivity contribution in [2.45, 2.75) is 37.5 Å². The molecule has 10 heteroatoms. The highest BCUT2D eigenvalue weighted by Crippen LogP contribution is 2.38. The van der Waals surface area contributed by atoms with Crippen LogP contribution in [0.1, 0.15) is 39.5 Å². The number of carbonyl (C=O) groups is 2. The van der Waals surface area contributed by atoms with Gasteiger partial charge in [-0.05, 0) is 43.4 Å². The molecule has 162 valence electrons. The molecule has 0 saturated heterocycles. The molecule has 0 radical (unpaired) electrons. The predicted molar refractivity (Wildman–Crippen MR) is 117 cm³/mol. The van der Waals surface area contributed by atoms with Gasteiger partial charge in [-0.1, -0.05) is 30.0 Å². The molecule has 31 heavy (non-hydrogen) atoms. The standard InChI is InChI=1S/C21H21N3O5S2/c1-27-20(26)18-14-9-5-6-10-15(14)31-19(18)22-16(25)12-30-21-24-23-17(29-21)11-28-13-7-3-2-4-8-13/h2-4,7-8H,5-6,9-12H2,1H3,(H,22,25). The topological polar surface area (TPSA) is 104 Å². The number of esters is 1. The maximum absolute atomic E-state index is 12.5. The number of aryl methyl sites for hydroxylation is 1. The van der Waals surface area contributed by atoms with E-state index >= 15 is 0 Å². The van der Waals surface area contributed by atoms with Crippen LogP contribution in [0.15, 0.2) is 40.0 Å². The first-order chi connectivity index (χ1) is 15.1. The van der Waals surface area contributed by atoms with Crippen LogP contribution < -0.4 is 10.1 Å². The Bertz CT molecular complexity index is 1060. The number of para-hydroxylation sites is 1. The molecule has 1 N–H and O–H groups in total. The molecule has 0 bridgehead atoms. The lowest BCUT2D eigenvalue weighted by atomic mass is 9.95. The normalized spacial score (nSPS) is 12.8. The zero-order valence-corrected chi connectivity index (χ0v) is 18.5. The van der Waals surface area contributed by atoms with Gasteiger partial charge in [-0.2, -0.15) is 0 Å². The number of benzene rings is 1. The summed E-state index contributed by atoms with van der Waals surface area (Å²) in [5.41, 5.74) is 1.49. The maximum atomic E-state index is 12.5. The molecule has 3 aromatic rings. The van der Waals surface area contributed by atoms with Crippen LogP contribution in [0.4, 0.5) is 5.00 Å². The minimum Gasteiger partial charge on any atom is -0.484 e. The summed E-state index contributed by atoms with van der Waals surface area (Å²) in [6, 6.07) is 9.32. The number of hydrogen-bond donors (Lipinski definition) is 1. The zero-order valence-electron chi connectivity index (χ0n) is 16.9. The molecule has 0 fully saturated rings. The lowest BCUT2D eigenvalue weighted by molar-refractivity contribution is -0.113. The summed E-state index contributed by atoms with van der Waals surface area (Å²) < 4.78 is 16.0. The van der Waals surface area contributed by atoms with Gasteiger partial charge in [0.25, 0.3) is 11.1 Å². The number of thioether (sulfide) groups is 1. The zero-order chi connectivity index (χ0) is 21.6.